The molecule has 0 unspecified atom stereocenters. The van der Waals surface area contributed by atoms with Crippen LogP contribution in [0.3, 0.4) is 0 Å². The number of esters is 1. The Bertz CT molecular complexity index is 850. The van der Waals surface area contributed by atoms with E-state index in [1.54, 1.807) is 37.3 Å². The molecule has 10 heteroatoms. The summed E-state index contributed by atoms with van der Waals surface area (Å²) in [5, 5.41) is 15.3. The third-order valence-electron chi connectivity index (χ3n) is 3.06. The smallest absolute Gasteiger partial charge is 0.358 e. The van der Waals surface area contributed by atoms with E-state index in [1.807, 2.05) is 0 Å². The molecule has 0 spiro atoms. The fourth-order valence-corrected chi connectivity index (χ4v) is 1.84. The minimum atomic E-state index is -0.724. The molecule has 1 aromatic heterocycles. The summed E-state index contributed by atoms with van der Waals surface area (Å²) in [6.45, 7) is 1.85. The van der Waals surface area contributed by atoms with E-state index in [2.05, 4.69) is 25.8 Å². The summed E-state index contributed by atoms with van der Waals surface area (Å²) in [6.07, 6.45) is 1.26. The van der Waals surface area contributed by atoms with Crippen molar-refractivity contribution >= 4 is 29.1 Å². The Balaban J connectivity index is 2.08. The second-order valence-corrected chi connectivity index (χ2v) is 4.71. The third-order valence-corrected chi connectivity index (χ3v) is 3.06. The number of hydrazone groups is 1. The molecule has 0 bridgehead atoms. The molecule has 0 saturated heterocycles. The number of carbonyl (C=O) groups is 2. The lowest BCUT2D eigenvalue weighted by Crippen LogP contribution is -2.22. The molecule has 3 N–H and O–H groups in total. The maximum atomic E-state index is 12.1. The van der Waals surface area contributed by atoms with E-state index in [0.717, 1.165) is 0 Å². The van der Waals surface area contributed by atoms with E-state index < -0.39 is 17.6 Å². The van der Waals surface area contributed by atoms with E-state index in [9.17, 15) is 9.59 Å². The number of aromatic nitrogens is 2. The van der Waals surface area contributed by atoms with Crippen LogP contribution in [0.2, 0.25) is 0 Å². The Morgan fingerprint density at radius 3 is 2.69 bits per heavy atom. The maximum Gasteiger partial charge on any atom is 0.358 e. The van der Waals surface area contributed by atoms with Crippen LogP contribution >= 0.6 is 0 Å². The van der Waals surface area contributed by atoms with E-state index in [1.165, 1.54) is 13.4 Å². The Hall–Kier alpha value is -3.87. The minimum Gasteiger partial charge on any atom is -0.497 e. The SMILES string of the molecule is CCOC(=O)c1[nH]cnc1N/N=C(/C#N)C(=O)Nc1ccc(OC)cc1. The fourth-order valence-electron chi connectivity index (χ4n) is 1.84. The van der Waals surface area contributed by atoms with Crippen LogP contribution in [0, 0.1) is 11.3 Å². The molecule has 1 amide bonds. The van der Waals surface area contributed by atoms with Crippen LogP contribution in [-0.2, 0) is 9.53 Å². The molecule has 0 radical (unpaired) electrons. The van der Waals surface area contributed by atoms with Gasteiger partial charge in [0.05, 0.1) is 20.0 Å². The van der Waals surface area contributed by atoms with Crippen molar-refractivity contribution in [2.45, 2.75) is 6.92 Å². The number of ether oxygens (including phenoxy) is 2. The Kier molecular flexibility index (Phi) is 6.28. The molecular formula is C16H16N6O4. The first-order chi connectivity index (χ1) is 12.6. The molecule has 0 saturated carbocycles. The Morgan fingerprint density at radius 2 is 2.08 bits per heavy atom. The first-order valence-electron chi connectivity index (χ1n) is 7.48. The third kappa shape index (κ3) is 4.57. The molecule has 0 aliphatic rings. The number of carbonyl (C=O) groups excluding carboxylic acids is 2. The number of hydrogen-bond donors (Lipinski definition) is 3. The van der Waals surface area contributed by atoms with Crippen molar-refractivity contribution in [1.82, 2.24) is 9.97 Å². The molecular weight excluding hydrogens is 340 g/mol. The van der Waals surface area contributed by atoms with Gasteiger partial charge in [-0.15, -0.1) is 0 Å². The van der Waals surface area contributed by atoms with Gasteiger partial charge in [0.15, 0.2) is 11.5 Å². The van der Waals surface area contributed by atoms with E-state index in [-0.39, 0.29) is 18.1 Å². The summed E-state index contributed by atoms with van der Waals surface area (Å²) < 4.78 is 9.88. The van der Waals surface area contributed by atoms with Crippen LogP contribution < -0.4 is 15.5 Å². The number of aromatic amines is 1. The van der Waals surface area contributed by atoms with Gasteiger partial charge in [-0.3, -0.25) is 10.2 Å². The summed E-state index contributed by atoms with van der Waals surface area (Å²) in [5.74, 6) is -0.695. The van der Waals surface area contributed by atoms with Crippen molar-refractivity contribution in [2.24, 2.45) is 5.10 Å². The molecule has 0 aliphatic heterocycles. The number of hydrogen-bond acceptors (Lipinski definition) is 8. The number of anilines is 2. The van der Waals surface area contributed by atoms with Crippen molar-refractivity contribution in [1.29, 1.82) is 5.26 Å². The van der Waals surface area contributed by atoms with Crippen LogP contribution in [0.5, 0.6) is 5.75 Å². The Labute approximate surface area is 148 Å². The Morgan fingerprint density at radius 1 is 1.35 bits per heavy atom. The van der Waals surface area contributed by atoms with Crippen LogP contribution in [0.25, 0.3) is 0 Å². The number of amides is 1. The summed E-state index contributed by atoms with van der Waals surface area (Å²) in [6, 6.07) is 8.23. The summed E-state index contributed by atoms with van der Waals surface area (Å²) >= 11 is 0. The van der Waals surface area contributed by atoms with Gasteiger partial charge >= 0.3 is 5.97 Å². The average Bonchev–Trinajstić information content (AvgIpc) is 3.12. The lowest BCUT2D eigenvalue weighted by atomic mass is 10.3. The topological polar surface area (TPSA) is 141 Å². The number of rotatable bonds is 7. The van der Waals surface area contributed by atoms with Gasteiger partial charge in [0.25, 0.3) is 5.91 Å². The highest BCUT2D eigenvalue weighted by molar-refractivity contribution is 6.48. The molecule has 0 atom stereocenters. The lowest BCUT2D eigenvalue weighted by molar-refractivity contribution is -0.110. The number of H-pyrrole nitrogens is 1. The predicted octanol–water partition coefficient (Wildman–Crippen LogP) is 1.53. The highest BCUT2D eigenvalue weighted by Gasteiger charge is 2.17. The standard InChI is InChI=1S/C16H16N6O4/c1-3-26-16(24)13-14(19-9-18-13)22-21-12(8-17)15(23)20-10-4-6-11(25-2)7-5-10/h4-7,9,22H,3H2,1-2H3,(H,18,19)(H,20,23)/b21-12-. The van der Waals surface area contributed by atoms with Gasteiger partial charge in [-0.2, -0.15) is 10.4 Å². The fraction of sp³-hybridized carbons (Fsp3) is 0.188. The molecule has 2 aromatic rings. The lowest BCUT2D eigenvalue weighted by Gasteiger charge is -2.05. The van der Waals surface area contributed by atoms with Crippen molar-refractivity contribution in [3.63, 3.8) is 0 Å². The molecule has 1 heterocycles. The summed E-state index contributed by atoms with van der Waals surface area (Å²) in [7, 11) is 1.53. The second-order valence-electron chi connectivity index (χ2n) is 4.71. The van der Waals surface area contributed by atoms with Gasteiger partial charge in [-0.05, 0) is 31.2 Å². The van der Waals surface area contributed by atoms with Crippen LogP contribution in [0.4, 0.5) is 11.5 Å². The monoisotopic (exact) mass is 356 g/mol. The highest BCUT2D eigenvalue weighted by Crippen LogP contribution is 2.15. The quantitative estimate of drug-likeness (QED) is 0.388. The second kappa shape index (κ2) is 8.84. The zero-order valence-corrected chi connectivity index (χ0v) is 14.1. The molecule has 0 fully saturated rings. The molecule has 0 aliphatic carbocycles. The van der Waals surface area contributed by atoms with Gasteiger partial charge in [-0.1, -0.05) is 0 Å². The normalized spacial score (nSPS) is 10.6. The number of nitriles is 1. The first-order valence-corrected chi connectivity index (χ1v) is 7.48. The van der Waals surface area contributed by atoms with Gasteiger partial charge in [0.2, 0.25) is 5.71 Å². The van der Waals surface area contributed by atoms with Crippen molar-refractivity contribution in [2.75, 3.05) is 24.5 Å². The average molecular weight is 356 g/mol. The molecule has 134 valence electrons. The van der Waals surface area contributed by atoms with Crippen LogP contribution in [-0.4, -0.2) is 41.3 Å². The molecule has 1 aromatic carbocycles. The van der Waals surface area contributed by atoms with Gasteiger partial charge in [0, 0.05) is 5.69 Å². The minimum absolute atomic E-state index is 0.0310. The van der Waals surface area contributed by atoms with Crippen LogP contribution in [0.1, 0.15) is 17.4 Å². The zero-order chi connectivity index (χ0) is 18.9. The summed E-state index contributed by atoms with van der Waals surface area (Å²) in [5.41, 5.74) is 2.46. The predicted molar refractivity (Wildman–Crippen MR) is 92.8 cm³/mol. The molecule has 26 heavy (non-hydrogen) atoms. The number of benzene rings is 1. The zero-order valence-electron chi connectivity index (χ0n) is 14.1. The molecule has 2 rings (SSSR count). The number of nitrogens with one attached hydrogen (secondary N) is 3. The number of imidazole rings is 1. The number of methoxy groups -OCH3 is 1. The first kappa shape index (κ1) is 18.5. The van der Waals surface area contributed by atoms with Crippen molar-refractivity contribution in [3.05, 3.63) is 36.3 Å². The maximum absolute atomic E-state index is 12.1. The summed E-state index contributed by atoms with van der Waals surface area (Å²) in [4.78, 5) is 30.3. The van der Waals surface area contributed by atoms with Crippen molar-refractivity contribution < 1.29 is 19.1 Å². The van der Waals surface area contributed by atoms with E-state index in [0.29, 0.717) is 11.4 Å². The largest absolute Gasteiger partial charge is 0.497 e. The van der Waals surface area contributed by atoms with Gasteiger partial charge < -0.3 is 19.8 Å². The van der Waals surface area contributed by atoms with E-state index >= 15 is 0 Å². The molecule has 10 nitrogen and oxygen atoms in total. The van der Waals surface area contributed by atoms with Crippen LogP contribution in [0.15, 0.2) is 35.7 Å². The highest BCUT2D eigenvalue weighted by atomic mass is 16.5. The van der Waals surface area contributed by atoms with E-state index in [4.69, 9.17) is 14.7 Å². The number of nitrogens with zero attached hydrogens (tertiary/aromatic N) is 3. The van der Waals surface area contributed by atoms with Crippen molar-refractivity contribution in [3.8, 4) is 11.8 Å². The van der Waals surface area contributed by atoms with Gasteiger partial charge in [-0.25, -0.2) is 9.78 Å². The van der Waals surface area contributed by atoms with Gasteiger partial charge in [0.1, 0.15) is 11.8 Å².